The van der Waals surface area contributed by atoms with Gasteiger partial charge in [-0.25, -0.2) is 22.8 Å². The zero-order valence-electron chi connectivity index (χ0n) is 18.0. The van der Waals surface area contributed by atoms with E-state index in [-0.39, 0.29) is 17.7 Å². The van der Waals surface area contributed by atoms with Crippen LogP contribution in [0.5, 0.6) is 0 Å². The maximum Gasteiger partial charge on any atom is 0.278 e. The quantitative estimate of drug-likeness (QED) is 0.608. The van der Waals surface area contributed by atoms with Crippen molar-refractivity contribution in [1.29, 1.82) is 0 Å². The average Bonchev–Trinajstić information content (AvgIpc) is 3.38. The van der Waals surface area contributed by atoms with Gasteiger partial charge in [-0.3, -0.25) is 4.90 Å². The Labute approximate surface area is 199 Å². The van der Waals surface area contributed by atoms with Crippen LogP contribution in [0.15, 0.2) is 35.0 Å². The van der Waals surface area contributed by atoms with E-state index in [2.05, 4.69) is 15.0 Å². The van der Waals surface area contributed by atoms with Crippen LogP contribution in [0.2, 0.25) is 0 Å². The van der Waals surface area contributed by atoms with Crippen molar-refractivity contribution in [3.63, 3.8) is 0 Å². The third-order valence-corrected chi connectivity index (χ3v) is 8.38. The molecule has 3 aliphatic heterocycles. The summed E-state index contributed by atoms with van der Waals surface area (Å²) in [7, 11) is 1.58. The number of nitrogens with zero attached hydrogens (tertiary/aromatic N) is 4. The second-order valence-electron chi connectivity index (χ2n) is 8.71. The molecule has 33 heavy (non-hydrogen) atoms. The fourth-order valence-corrected chi connectivity index (χ4v) is 6.74. The molecule has 6 nitrogen and oxygen atoms in total. The van der Waals surface area contributed by atoms with Crippen LogP contribution in [0.1, 0.15) is 24.1 Å². The molecule has 2 aromatic heterocycles. The van der Waals surface area contributed by atoms with Gasteiger partial charge in [0.1, 0.15) is 6.61 Å². The van der Waals surface area contributed by atoms with Gasteiger partial charge in [0.15, 0.2) is 11.6 Å². The highest BCUT2D eigenvalue weighted by Gasteiger charge is 2.60. The minimum absolute atomic E-state index is 0.129. The van der Waals surface area contributed by atoms with E-state index in [1.54, 1.807) is 13.3 Å². The van der Waals surface area contributed by atoms with Crippen LogP contribution in [-0.4, -0.2) is 63.2 Å². The first kappa shape index (κ1) is 23.2. The Hall–Kier alpha value is -1.59. The van der Waals surface area contributed by atoms with E-state index in [4.69, 9.17) is 21.1 Å². The number of halogens is 4. The molecule has 1 spiro atoms. The third kappa shape index (κ3) is 4.32. The number of likely N-dealkylation sites (tertiary alicyclic amines) is 1. The first-order valence-corrected chi connectivity index (χ1v) is 12.0. The standard InChI is InChI=1S/C22H24ClF3N4O2S/c1-31-12-17-14(11-30(28-17)20-16(24)3-2-6-27-20)10-29-7-4-21(5-8-29)19-15(9-18(23)33-19)22(25,26)13-32-21/h2-3,6,9,11,15,19H,4-5,7-8,10,12-13H2,1H3. The summed E-state index contributed by atoms with van der Waals surface area (Å²) in [6.45, 7) is 1.66. The Morgan fingerprint density at radius 1 is 1.33 bits per heavy atom. The molecule has 0 saturated carbocycles. The molecule has 2 aromatic rings. The fourth-order valence-electron chi connectivity index (χ4n) is 4.91. The van der Waals surface area contributed by atoms with Gasteiger partial charge in [-0.1, -0.05) is 11.6 Å². The molecule has 5 heterocycles. The van der Waals surface area contributed by atoms with Crippen molar-refractivity contribution in [2.45, 2.75) is 42.8 Å². The van der Waals surface area contributed by atoms with Gasteiger partial charge >= 0.3 is 0 Å². The lowest BCUT2D eigenvalue weighted by atomic mass is 9.77. The fraction of sp³-hybridized carbons (Fsp3) is 0.545. The Morgan fingerprint density at radius 3 is 2.85 bits per heavy atom. The molecule has 2 atom stereocenters. The van der Waals surface area contributed by atoms with E-state index in [0.29, 0.717) is 42.5 Å². The number of rotatable bonds is 5. The van der Waals surface area contributed by atoms with Crippen LogP contribution in [0, 0.1) is 11.7 Å². The van der Waals surface area contributed by atoms with Gasteiger partial charge in [0.05, 0.1) is 33.4 Å². The SMILES string of the molecule is COCc1nn(-c2ncccc2F)cc1CN1CCC2(CC1)OCC(F)(F)C1C=C(Cl)SC12. The predicted molar refractivity (Wildman–Crippen MR) is 119 cm³/mol. The van der Waals surface area contributed by atoms with Crippen LogP contribution < -0.4 is 0 Å². The predicted octanol–water partition coefficient (Wildman–Crippen LogP) is 4.36. The maximum absolute atomic E-state index is 14.4. The lowest BCUT2D eigenvalue weighted by molar-refractivity contribution is -0.215. The number of piperidine rings is 1. The molecule has 2 saturated heterocycles. The monoisotopic (exact) mass is 500 g/mol. The highest BCUT2D eigenvalue weighted by molar-refractivity contribution is 8.05. The number of methoxy groups -OCH3 is 1. The lowest BCUT2D eigenvalue weighted by Gasteiger charge is -2.51. The number of pyridine rings is 1. The minimum Gasteiger partial charge on any atom is -0.378 e. The number of ether oxygens (including phenoxy) is 2. The molecule has 0 aliphatic carbocycles. The second-order valence-corrected chi connectivity index (χ2v) is 10.5. The molecule has 0 aromatic carbocycles. The van der Waals surface area contributed by atoms with Crippen molar-refractivity contribution in [3.8, 4) is 5.82 Å². The Balaban J connectivity index is 1.30. The summed E-state index contributed by atoms with van der Waals surface area (Å²) in [5, 5.41) is 4.10. The van der Waals surface area contributed by atoms with Gasteiger partial charge in [-0.05, 0) is 31.1 Å². The zero-order chi connectivity index (χ0) is 23.2. The summed E-state index contributed by atoms with van der Waals surface area (Å²) in [5.74, 6) is -4.13. The minimum atomic E-state index is -2.90. The van der Waals surface area contributed by atoms with E-state index < -0.39 is 29.9 Å². The van der Waals surface area contributed by atoms with Gasteiger partial charge in [0.2, 0.25) is 0 Å². The topological polar surface area (TPSA) is 52.4 Å². The summed E-state index contributed by atoms with van der Waals surface area (Å²) < 4.78 is 56.0. The summed E-state index contributed by atoms with van der Waals surface area (Å²) in [4.78, 5) is 6.33. The van der Waals surface area contributed by atoms with E-state index in [9.17, 15) is 13.2 Å². The molecule has 2 unspecified atom stereocenters. The van der Waals surface area contributed by atoms with Gasteiger partial charge in [0.25, 0.3) is 5.92 Å². The number of aromatic nitrogens is 3. The van der Waals surface area contributed by atoms with Crippen LogP contribution in [0.4, 0.5) is 13.2 Å². The molecule has 0 bridgehead atoms. The van der Waals surface area contributed by atoms with Crippen molar-refractivity contribution in [1.82, 2.24) is 19.7 Å². The van der Waals surface area contributed by atoms with Crippen LogP contribution in [0.3, 0.4) is 0 Å². The first-order valence-electron chi connectivity index (χ1n) is 10.8. The molecule has 0 radical (unpaired) electrons. The smallest absolute Gasteiger partial charge is 0.278 e. The molecule has 0 amide bonds. The van der Waals surface area contributed by atoms with E-state index in [1.807, 2.05) is 0 Å². The van der Waals surface area contributed by atoms with Crippen molar-refractivity contribution >= 4 is 23.4 Å². The molecule has 5 rings (SSSR count). The van der Waals surface area contributed by atoms with E-state index in [1.165, 1.54) is 40.8 Å². The second kappa shape index (κ2) is 8.88. The molecule has 3 aliphatic rings. The largest absolute Gasteiger partial charge is 0.378 e. The number of alkyl halides is 2. The maximum atomic E-state index is 14.4. The van der Waals surface area contributed by atoms with Gasteiger partial charge in [-0.2, -0.15) is 5.10 Å². The molecule has 2 fully saturated rings. The van der Waals surface area contributed by atoms with E-state index >= 15 is 0 Å². The molecular weight excluding hydrogens is 477 g/mol. The van der Waals surface area contributed by atoms with Gasteiger partial charge in [-0.15, -0.1) is 11.8 Å². The Morgan fingerprint density at radius 2 is 2.12 bits per heavy atom. The normalized spacial score (nSPS) is 26.4. The third-order valence-electron chi connectivity index (χ3n) is 6.65. The highest BCUT2D eigenvalue weighted by atomic mass is 35.5. The summed E-state index contributed by atoms with van der Waals surface area (Å²) in [5.41, 5.74) is 1.00. The average molecular weight is 501 g/mol. The van der Waals surface area contributed by atoms with Crippen molar-refractivity contribution < 1.29 is 22.6 Å². The molecule has 178 valence electrons. The van der Waals surface area contributed by atoms with Crippen molar-refractivity contribution in [2.24, 2.45) is 5.92 Å². The number of hydrogen-bond donors (Lipinski definition) is 0. The summed E-state index contributed by atoms with van der Waals surface area (Å²) in [6.07, 6.45) is 6.06. The molecular formula is C22H24ClF3N4O2S. The van der Waals surface area contributed by atoms with Crippen molar-refractivity contribution in [3.05, 3.63) is 52.0 Å². The number of allylic oxidation sites excluding steroid dienone is 1. The van der Waals surface area contributed by atoms with Crippen molar-refractivity contribution in [2.75, 3.05) is 26.8 Å². The van der Waals surface area contributed by atoms with E-state index in [0.717, 1.165) is 5.56 Å². The van der Waals surface area contributed by atoms with Crippen LogP contribution in [0.25, 0.3) is 5.82 Å². The zero-order valence-corrected chi connectivity index (χ0v) is 19.6. The Bertz CT molecular complexity index is 1060. The number of hydrogen-bond acceptors (Lipinski definition) is 6. The lowest BCUT2D eigenvalue weighted by Crippen LogP contribution is -2.61. The van der Waals surface area contributed by atoms with Crippen LogP contribution >= 0.6 is 23.4 Å². The first-order chi connectivity index (χ1) is 15.8. The van der Waals surface area contributed by atoms with Crippen LogP contribution in [-0.2, 0) is 22.6 Å². The summed E-state index contributed by atoms with van der Waals surface area (Å²) in [6, 6.07) is 2.87. The Kier molecular flexibility index (Phi) is 6.24. The summed E-state index contributed by atoms with van der Waals surface area (Å²) >= 11 is 7.44. The molecule has 0 N–H and O–H groups in total. The van der Waals surface area contributed by atoms with Gasteiger partial charge in [0, 0.05) is 44.7 Å². The van der Waals surface area contributed by atoms with Gasteiger partial charge < -0.3 is 9.47 Å². The number of fused-ring (bicyclic) bond motifs is 2. The molecule has 11 heteroatoms. The number of thioether (sulfide) groups is 1. The highest BCUT2D eigenvalue weighted by Crippen LogP contribution is 2.56.